The third kappa shape index (κ3) is 2.79. The number of benzene rings is 1. The van der Waals surface area contributed by atoms with Crippen LogP contribution in [-0.2, 0) is 22.6 Å². The molecule has 0 aliphatic carbocycles. The van der Waals surface area contributed by atoms with Crippen LogP contribution in [0.15, 0.2) is 16.9 Å². The molecule has 28 heavy (non-hydrogen) atoms. The first-order valence-corrected chi connectivity index (χ1v) is 9.14. The van der Waals surface area contributed by atoms with Gasteiger partial charge in [0, 0.05) is 11.6 Å². The number of hydrogen-bond donors (Lipinski definition) is 0. The lowest BCUT2D eigenvalue weighted by atomic mass is 10.0. The highest BCUT2D eigenvalue weighted by Gasteiger charge is 2.33. The van der Waals surface area contributed by atoms with E-state index in [9.17, 15) is 14.0 Å². The fraction of sp³-hybridized carbons (Fsp3) is 0.368. The molecule has 1 amide bonds. The van der Waals surface area contributed by atoms with Crippen molar-refractivity contribution >= 4 is 23.2 Å². The van der Waals surface area contributed by atoms with Crippen LogP contribution >= 0.6 is 11.6 Å². The van der Waals surface area contributed by atoms with E-state index in [1.165, 1.54) is 15.6 Å². The van der Waals surface area contributed by atoms with E-state index in [-0.39, 0.29) is 34.5 Å². The van der Waals surface area contributed by atoms with Gasteiger partial charge in [-0.1, -0.05) is 17.5 Å². The number of aromatic nitrogens is 2. The first-order chi connectivity index (χ1) is 13.4. The molecule has 0 bridgehead atoms. The SMILES string of the molecule is C#CCN1C(=O)[C@H](C)Oc2cc(F)c(-c3c(Cl)n4n(c3=O)CCOCC4)cc21. The maximum absolute atomic E-state index is 14.9. The third-order valence-electron chi connectivity index (χ3n) is 4.84. The van der Waals surface area contributed by atoms with Crippen LogP contribution in [0.3, 0.4) is 0 Å². The van der Waals surface area contributed by atoms with Crippen LogP contribution < -0.4 is 15.2 Å². The average Bonchev–Trinajstić information content (AvgIpc) is 2.84. The number of anilines is 1. The van der Waals surface area contributed by atoms with Crippen molar-refractivity contribution in [2.75, 3.05) is 24.7 Å². The second kappa shape index (κ2) is 7.00. The summed E-state index contributed by atoms with van der Waals surface area (Å²) in [5.74, 6) is 1.60. The van der Waals surface area contributed by atoms with Gasteiger partial charge in [-0.25, -0.2) is 9.07 Å². The van der Waals surface area contributed by atoms with Crippen molar-refractivity contribution in [3.8, 4) is 29.2 Å². The van der Waals surface area contributed by atoms with Crippen molar-refractivity contribution < 1.29 is 18.7 Å². The number of terminal acetylenes is 1. The number of amides is 1. The van der Waals surface area contributed by atoms with Crippen molar-refractivity contribution in [3.05, 3.63) is 33.5 Å². The number of rotatable bonds is 2. The zero-order valence-electron chi connectivity index (χ0n) is 15.1. The van der Waals surface area contributed by atoms with Crippen LogP contribution in [0, 0.1) is 18.2 Å². The predicted molar refractivity (Wildman–Crippen MR) is 101 cm³/mol. The van der Waals surface area contributed by atoms with Crippen molar-refractivity contribution in [1.29, 1.82) is 0 Å². The summed E-state index contributed by atoms with van der Waals surface area (Å²) in [6.45, 7) is 3.02. The van der Waals surface area contributed by atoms with Crippen molar-refractivity contribution in [2.45, 2.75) is 26.1 Å². The minimum absolute atomic E-state index is 0.000913. The van der Waals surface area contributed by atoms with Gasteiger partial charge in [-0.3, -0.25) is 19.2 Å². The van der Waals surface area contributed by atoms with Gasteiger partial charge >= 0.3 is 0 Å². The largest absolute Gasteiger partial charge is 0.479 e. The third-order valence-corrected chi connectivity index (χ3v) is 5.23. The topological polar surface area (TPSA) is 65.7 Å². The lowest BCUT2D eigenvalue weighted by Crippen LogP contribution is -2.44. The Kier molecular flexibility index (Phi) is 4.65. The molecule has 1 atom stereocenters. The highest BCUT2D eigenvalue weighted by Crippen LogP contribution is 2.40. The Labute approximate surface area is 165 Å². The van der Waals surface area contributed by atoms with Crippen LogP contribution in [0.1, 0.15) is 6.92 Å². The van der Waals surface area contributed by atoms with E-state index in [1.54, 1.807) is 11.6 Å². The molecule has 0 saturated carbocycles. The van der Waals surface area contributed by atoms with E-state index in [0.717, 1.165) is 6.07 Å². The Balaban J connectivity index is 1.91. The summed E-state index contributed by atoms with van der Waals surface area (Å²) in [5.41, 5.74) is -0.0803. The summed E-state index contributed by atoms with van der Waals surface area (Å²) >= 11 is 6.43. The Morgan fingerprint density at radius 1 is 1.29 bits per heavy atom. The second-order valence-corrected chi connectivity index (χ2v) is 6.88. The molecule has 0 N–H and O–H groups in total. The van der Waals surface area contributed by atoms with E-state index in [0.29, 0.717) is 32.0 Å². The highest BCUT2D eigenvalue weighted by molar-refractivity contribution is 6.32. The van der Waals surface area contributed by atoms with Crippen LogP contribution in [-0.4, -0.2) is 41.1 Å². The number of fused-ring (bicyclic) bond motifs is 2. The van der Waals surface area contributed by atoms with Crippen molar-refractivity contribution in [1.82, 2.24) is 9.36 Å². The van der Waals surface area contributed by atoms with Gasteiger partial charge in [0.15, 0.2) is 6.10 Å². The van der Waals surface area contributed by atoms with Crippen LogP contribution in [0.4, 0.5) is 10.1 Å². The van der Waals surface area contributed by atoms with Crippen LogP contribution in [0.2, 0.25) is 5.15 Å². The first kappa shape index (κ1) is 18.6. The molecule has 0 saturated heterocycles. The Hall–Kier alpha value is -2.76. The molecule has 3 heterocycles. The monoisotopic (exact) mass is 405 g/mol. The Bertz CT molecular complexity index is 1070. The molecular formula is C19H17ClFN3O4. The van der Waals surface area contributed by atoms with E-state index < -0.39 is 17.5 Å². The summed E-state index contributed by atoms with van der Waals surface area (Å²) in [5, 5.41) is 0.120. The summed E-state index contributed by atoms with van der Waals surface area (Å²) in [6, 6.07) is 2.55. The molecule has 2 aliphatic rings. The number of ether oxygens (including phenoxy) is 2. The normalized spacial score (nSPS) is 18.7. The first-order valence-electron chi connectivity index (χ1n) is 8.76. The van der Waals surface area contributed by atoms with Gasteiger partial charge in [0.1, 0.15) is 16.7 Å². The number of nitrogens with zero attached hydrogens (tertiary/aromatic N) is 3. The number of hydrogen-bond acceptors (Lipinski definition) is 4. The van der Waals surface area contributed by atoms with E-state index in [1.807, 2.05) is 0 Å². The van der Waals surface area contributed by atoms with Gasteiger partial charge in [0.2, 0.25) is 0 Å². The molecule has 1 aromatic carbocycles. The Morgan fingerprint density at radius 2 is 2.00 bits per heavy atom. The second-order valence-electron chi connectivity index (χ2n) is 6.52. The molecule has 1 aromatic heterocycles. The fourth-order valence-electron chi connectivity index (χ4n) is 3.51. The molecule has 146 valence electrons. The quantitative estimate of drug-likeness (QED) is 0.716. The zero-order chi connectivity index (χ0) is 20.0. The van der Waals surface area contributed by atoms with E-state index in [4.69, 9.17) is 27.5 Å². The fourth-order valence-corrected chi connectivity index (χ4v) is 3.87. The number of carbonyl (C=O) groups is 1. The van der Waals surface area contributed by atoms with Gasteiger partial charge in [-0.15, -0.1) is 6.42 Å². The molecule has 2 aromatic rings. The molecule has 0 spiro atoms. The van der Waals surface area contributed by atoms with Crippen molar-refractivity contribution in [3.63, 3.8) is 0 Å². The molecule has 0 unspecified atom stereocenters. The highest BCUT2D eigenvalue weighted by atomic mass is 35.5. The van der Waals surface area contributed by atoms with E-state index >= 15 is 0 Å². The molecule has 7 nitrogen and oxygen atoms in total. The zero-order valence-corrected chi connectivity index (χ0v) is 15.8. The smallest absolute Gasteiger partial charge is 0.276 e. The number of halogens is 2. The summed E-state index contributed by atoms with van der Waals surface area (Å²) in [4.78, 5) is 26.7. The van der Waals surface area contributed by atoms with E-state index in [2.05, 4.69) is 5.92 Å². The lowest BCUT2D eigenvalue weighted by Gasteiger charge is -2.32. The van der Waals surface area contributed by atoms with Gasteiger partial charge in [0.25, 0.3) is 11.5 Å². The minimum Gasteiger partial charge on any atom is -0.479 e. The minimum atomic E-state index is -0.786. The van der Waals surface area contributed by atoms with Gasteiger partial charge in [-0.05, 0) is 13.0 Å². The van der Waals surface area contributed by atoms with Crippen molar-refractivity contribution in [2.24, 2.45) is 0 Å². The van der Waals surface area contributed by atoms with Gasteiger partial charge in [0.05, 0.1) is 44.1 Å². The average molecular weight is 406 g/mol. The summed E-state index contributed by atoms with van der Waals surface area (Å²) < 4.78 is 28.8. The molecular weight excluding hydrogens is 389 g/mol. The van der Waals surface area contributed by atoms with Gasteiger partial charge in [-0.2, -0.15) is 0 Å². The molecule has 2 aliphatic heterocycles. The predicted octanol–water partition coefficient (Wildman–Crippen LogP) is 1.89. The lowest BCUT2D eigenvalue weighted by molar-refractivity contribution is -0.125. The molecule has 0 radical (unpaired) electrons. The van der Waals surface area contributed by atoms with Crippen LogP contribution in [0.25, 0.3) is 11.1 Å². The molecule has 0 fully saturated rings. The number of carbonyl (C=O) groups excluding carboxylic acids is 1. The summed E-state index contributed by atoms with van der Waals surface area (Å²) in [6.07, 6.45) is 4.60. The molecule has 4 rings (SSSR count). The standard InChI is InChI=1S/C19H17ClFN3O4/c1-3-4-22-14-9-12(13(21)10-15(14)28-11(2)18(22)25)16-17(20)23-5-7-27-8-6-24(23)19(16)26/h1,9-11H,4-8H2,2H3/t11-/m0/s1. The van der Waals surface area contributed by atoms with Crippen LogP contribution in [0.5, 0.6) is 5.75 Å². The maximum Gasteiger partial charge on any atom is 0.276 e. The maximum atomic E-state index is 14.9. The van der Waals surface area contributed by atoms with Gasteiger partial charge < -0.3 is 9.47 Å². The molecule has 9 heteroatoms. The Morgan fingerprint density at radius 3 is 2.71 bits per heavy atom. The summed E-state index contributed by atoms with van der Waals surface area (Å²) in [7, 11) is 0.